The van der Waals surface area contributed by atoms with Crippen molar-refractivity contribution in [2.75, 3.05) is 11.8 Å². The summed E-state index contributed by atoms with van der Waals surface area (Å²) in [6.45, 7) is 0.585. The van der Waals surface area contributed by atoms with E-state index in [1.54, 1.807) is 12.1 Å². The fourth-order valence-electron chi connectivity index (χ4n) is 3.53. The number of hydrogen-bond acceptors (Lipinski definition) is 4. The fraction of sp³-hybridized carbons (Fsp3) is 0.316. The van der Waals surface area contributed by atoms with Crippen LogP contribution in [0.15, 0.2) is 54.6 Å². The summed E-state index contributed by atoms with van der Waals surface area (Å²) in [6, 6.07) is 16.6. The van der Waals surface area contributed by atoms with Crippen molar-refractivity contribution in [1.82, 2.24) is 5.32 Å². The van der Waals surface area contributed by atoms with E-state index >= 15 is 0 Å². The number of benzene rings is 2. The Morgan fingerprint density at radius 2 is 1.75 bits per heavy atom. The first kappa shape index (κ1) is 16.5. The first-order chi connectivity index (χ1) is 11.6. The van der Waals surface area contributed by atoms with Gasteiger partial charge in [0.1, 0.15) is 0 Å². The van der Waals surface area contributed by atoms with Crippen LogP contribution in [0.1, 0.15) is 41.6 Å². The van der Waals surface area contributed by atoms with Crippen molar-refractivity contribution in [1.29, 1.82) is 0 Å². The van der Waals surface area contributed by atoms with Crippen molar-refractivity contribution in [3.8, 4) is 0 Å². The van der Waals surface area contributed by atoms with Gasteiger partial charge in [0.25, 0.3) is 5.91 Å². The maximum Gasteiger partial charge on any atom is 0.251 e. The average Bonchev–Trinajstić information content (AvgIpc) is 3.11. The molecule has 0 spiro atoms. The average molecular weight is 326 g/mol. The molecule has 1 aliphatic carbocycles. The molecule has 0 radical (unpaired) electrons. The summed E-state index contributed by atoms with van der Waals surface area (Å²) in [6.07, 6.45) is 4.48. The summed E-state index contributed by atoms with van der Waals surface area (Å²) in [7, 11) is 0. The molecule has 1 aliphatic rings. The lowest BCUT2D eigenvalue weighted by molar-refractivity contribution is 0.0291. The highest BCUT2D eigenvalue weighted by molar-refractivity contribution is 5.95. The highest BCUT2D eigenvalue weighted by Crippen LogP contribution is 2.40. The first-order valence-corrected chi connectivity index (χ1v) is 8.22. The molecule has 2 aromatic rings. The SMILES string of the molecule is O=C(NCC1(c2ccccc2)CCCC1)c1cccc(N(O)O)c1. The highest BCUT2D eigenvalue weighted by Gasteiger charge is 2.35. The van der Waals surface area contributed by atoms with Crippen LogP contribution in [-0.4, -0.2) is 22.9 Å². The zero-order valence-corrected chi connectivity index (χ0v) is 13.5. The Bertz CT molecular complexity index is 695. The number of carbonyl (C=O) groups excluding carboxylic acids is 1. The van der Waals surface area contributed by atoms with Gasteiger partial charge < -0.3 is 5.32 Å². The summed E-state index contributed by atoms with van der Waals surface area (Å²) in [4.78, 5) is 12.5. The van der Waals surface area contributed by atoms with Gasteiger partial charge in [-0.05, 0) is 36.6 Å². The van der Waals surface area contributed by atoms with Crippen LogP contribution in [0.3, 0.4) is 0 Å². The summed E-state index contributed by atoms with van der Waals surface area (Å²) in [5, 5.41) is 21.2. The number of nitrogens with one attached hydrogen (secondary N) is 1. The summed E-state index contributed by atoms with van der Waals surface area (Å²) < 4.78 is 0. The molecule has 5 nitrogen and oxygen atoms in total. The van der Waals surface area contributed by atoms with Crippen molar-refractivity contribution in [3.63, 3.8) is 0 Å². The molecule has 5 heteroatoms. The molecule has 0 heterocycles. The Kier molecular flexibility index (Phi) is 4.83. The molecule has 1 amide bonds. The Balaban J connectivity index is 1.74. The van der Waals surface area contributed by atoms with Crippen molar-refractivity contribution in [2.45, 2.75) is 31.1 Å². The lowest BCUT2D eigenvalue weighted by Crippen LogP contribution is -2.39. The van der Waals surface area contributed by atoms with Gasteiger partial charge in [0.2, 0.25) is 0 Å². The molecule has 1 fully saturated rings. The van der Waals surface area contributed by atoms with Crippen LogP contribution in [0, 0.1) is 0 Å². The zero-order chi connectivity index (χ0) is 17.0. The van der Waals surface area contributed by atoms with Crippen molar-refractivity contribution in [2.24, 2.45) is 0 Å². The van der Waals surface area contributed by atoms with Gasteiger partial charge in [-0.15, -0.1) is 5.23 Å². The van der Waals surface area contributed by atoms with Crippen molar-refractivity contribution < 1.29 is 15.2 Å². The minimum atomic E-state index is -0.207. The summed E-state index contributed by atoms with van der Waals surface area (Å²) in [5.74, 6) is -0.207. The molecular formula is C19H22N2O3. The maximum atomic E-state index is 12.5. The van der Waals surface area contributed by atoms with Crippen LogP contribution in [0.25, 0.3) is 0 Å². The molecule has 2 aromatic carbocycles. The lowest BCUT2D eigenvalue weighted by Gasteiger charge is -2.30. The van der Waals surface area contributed by atoms with E-state index in [1.807, 2.05) is 18.2 Å². The van der Waals surface area contributed by atoms with E-state index in [0.717, 1.165) is 12.8 Å². The summed E-state index contributed by atoms with van der Waals surface area (Å²) >= 11 is 0. The molecule has 0 bridgehead atoms. The number of amides is 1. The number of nitrogens with zero attached hydrogens (tertiary/aromatic N) is 1. The van der Waals surface area contributed by atoms with Crippen LogP contribution in [0.2, 0.25) is 0 Å². The third-order valence-electron chi connectivity index (χ3n) is 4.87. The number of hydrogen-bond donors (Lipinski definition) is 3. The van der Waals surface area contributed by atoms with E-state index in [2.05, 4.69) is 17.4 Å². The third kappa shape index (κ3) is 3.42. The molecule has 1 saturated carbocycles. The van der Waals surface area contributed by atoms with Gasteiger partial charge in [-0.2, -0.15) is 0 Å². The van der Waals surface area contributed by atoms with E-state index < -0.39 is 0 Å². The molecule has 126 valence electrons. The Morgan fingerprint density at radius 1 is 1.04 bits per heavy atom. The predicted octanol–water partition coefficient (Wildman–Crippen LogP) is 3.51. The topological polar surface area (TPSA) is 72.8 Å². The lowest BCUT2D eigenvalue weighted by atomic mass is 9.79. The van der Waals surface area contributed by atoms with Crippen LogP contribution in [0.4, 0.5) is 5.69 Å². The zero-order valence-electron chi connectivity index (χ0n) is 13.5. The molecule has 3 rings (SSSR count). The van der Waals surface area contributed by atoms with Crippen LogP contribution >= 0.6 is 0 Å². The van der Waals surface area contributed by atoms with E-state index in [0.29, 0.717) is 12.1 Å². The molecule has 0 saturated heterocycles. The minimum absolute atomic E-state index is 0.00543. The Labute approximate surface area is 141 Å². The number of anilines is 1. The minimum Gasteiger partial charge on any atom is -0.351 e. The molecule has 24 heavy (non-hydrogen) atoms. The van der Waals surface area contributed by atoms with Gasteiger partial charge in [0, 0.05) is 17.5 Å². The van der Waals surface area contributed by atoms with Crippen LogP contribution in [0.5, 0.6) is 0 Å². The van der Waals surface area contributed by atoms with Gasteiger partial charge in [-0.1, -0.05) is 49.2 Å². The smallest absolute Gasteiger partial charge is 0.251 e. The van der Waals surface area contributed by atoms with E-state index in [9.17, 15) is 4.79 Å². The third-order valence-corrected chi connectivity index (χ3v) is 4.87. The van der Waals surface area contributed by atoms with Crippen molar-refractivity contribution in [3.05, 3.63) is 65.7 Å². The van der Waals surface area contributed by atoms with E-state index in [4.69, 9.17) is 10.4 Å². The standard InChI is InChI=1S/C19H22N2O3/c22-18(15-7-6-10-17(13-15)21(23)24)20-14-19(11-4-5-12-19)16-8-2-1-3-9-16/h1-3,6-10,13,23-24H,4-5,11-12,14H2,(H,20,22). The summed E-state index contributed by atoms with van der Waals surface area (Å²) in [5.41, 5.74) is 1.82. The molecule has 0 aliphatic heterocycles. The Morgan fingerprint density at radius 3 is 2.42 bits per heavy atom. The number of carbonyl (C=O) groups is 1. The van der Waals surface area contributed by atoms with E-state index in [-0.39, 0.29) is 22.2 Å². The quantitative estimate of drug-likeness (QED) is 0.735. The second-order valence-electron chi connectivity index (χ2n) is 6.38. The molecule has 0 unspecified atom stereocenters. The molecule has 3 N–H and O–H groups in total. The molecule has 0 atom stereocenters. The second-order valence-corrected chi connectivity index (χ2v) is 6.38. The van der Waals surface area contributed by atoms with Gasteiger partial charge in [0.05, 0.1) is 5.69 Å². The van der Waals surface area contributed by atoms with Gasteiger partial charge in [-0.25, -0.2) is 0 Å². The monoisotopic (exact) mass is 326 g/mol. The van der Waals surface area contributed by atoms with Crippen molar-refractivity contribution >= 4 is 11.6 Å². The maximum absolute atomic E-state index is 12.5. The molecular weight excluding hydrogens is 304 g/mol. The van der Waals surface area contributed by atoms with E-state index in [1.165, 1.54) is 30.5 Å². The largest absolute Gasteiger partial charge is 0.351 e. The Hall–Kier alpha value is -2.37. The highest BCUT2D eigenvalue weighted by atomic mass is 16.8. The molecule has 0 aromatic heterocycles. The predicted molar refractivity (Wildman–Crippen MR) is 91.4 cm³/mol. The van der Waals surface area contributed by atoms with Crippen LogP contribution in [-0.2, 0) is 5.41 Å². The fourth-order valence-corrected chi connectivity index (χ4v) is 3.53. The first-order valence-electron chi connectivity index (χ1n) is 8.22. The normalized spacial score (nSPS) is 15.9. The van der Waals surface area contributed by atoms with Gasteiger partial charge in [-0.3, -0.25) is 15.2 Å². The van der Waals surface area contributed by atoms with Crippen LogP contribution < -0.4 is 10.5 Å². The van der Waals surface area contributed by atoms with Gasteiger partial charge in [0.15, 0.2) is 0 Å². The second kappa shape index (κ2) is 7.03. The number of rotatable bonds is 5. The van der Waals surface area contributed by atoms with Gasteiger partial charge >= 0.3 is 0 Å².